The average Bonchev–Trinajstić information content (AvgIpc) is 3.26. The third kappa shape index (κ3) is 11.2. The van der Waals surface area contributed by atoms with Gasteiger partial charge in [0.05, 0.1) is 28.1 Å². The fourth-order valence-corrected chi connectivity index (χ4v) is 6.59. The lowest BCUT2D eigenvalue weighted by Gasteiger charge is -2.15. The molecule has 3 N–H and O–H groups in total. The quantitative estimate of drug-likeness (QED) is 0.0821. The molecule has 3 rings (SSSR count). The summed E-state index contributed by atoms with van der Waals surface area (Å²) in [6, 6.07) is 3.85. The van der Waals surface area contributed by atoms with E-state index in [0.29, 0.717) is 6.42 Å². The maximum absolute atomic E-state index is 13.2. The molecule has 0 saturated carbocycles. The molecule has 14 nitrogen and oxygen atoms in total. The Kier molecular flexibility index (Phi) is 14.1. The van der Waals surface area contributed by atoms with E-state index in [1.807, 2.05) is 0 Å². The van der Waals surface area contributed by atoms with Crippen molar-refractivity contribution in [1.29, 1.82) is 0 Å². The lowest BCUT2D eigenvalue weighted by molar-refractivity contribution is -0.117. The second-order valence-electron chi connectivity index (χ2n) is 10.8. The molecule has 258 valence electrons. The Bertz CT molecular complexity index is 1740. The number of unbranched alkanes of at least 4 members (excludes halogenated alkanes) is 9. The molecule has 1 heterocycles. The van der Waals surface area contributed by atoms with Gasteiger partial charge in [0, 0.05) is 5.69 Å². The van der Waals surface area contributed by atoms with Crippen LogP contribution in [0.3, 0.4) is 0 Å². The van der Waals surface area contributed by atoms with Gasteiger partial charge in [-0.15, -0.1) is 0 Å². The van der Waals surface area contributed by atoms with Gasteiger partial charge in [0.15, 0.2) is 6.04 Å². The molecular formula is C29H37Cl2N5O9S2. The minimum absolute atomic E-state index is 0.0875. The van der Waals surface area contributed by atoms with Gasteiger partial charge >= 0.3 is 6.09 Å². The molecule has 0 unspecified atom stereocenters. The zero-order chi connectivity index (χ0) is 34.8. The van der Waals surface area contributed by atoms with E-state index in [0.717, 1.165) is 48.5 Å². The van der Waals surface area contributed by atoms with Crippen LogP contribution in [0.4, 0.5) is 21.9 Å². The number of hydrogen-bond acceptors (Lipinski definition) is 10. The summed E-state index contributed by atoms with van der Waals surface area (Å²) >= 11 is 12.1. The Labute approximate surface area is 284 Å². The second-order valence-corrected chi connectivity index (χ2v) is 14.4. The highest BCUT2D eigenvalue weighted by atomic mass is 35.5. The zero-order valence-corrected chi connectivity index (χ0v) is 29.0. The lowest BCUT2D eigenvalue weighted by atomic mass is 10.1. The molecule has 0 aromatic heterocycles. The number of rotatable bonds is 17. The van der Waals surface area contributed by atoms with E-state index >= 15 is 0 Å². The Morgan fingerprint density at radius 1 is 0.915 bits per heavy atom. The molecular weight excluding hydrogens is 697 g/mol. The number of hydrogen-bond donors (Lipinski definition) is 3. The van der Waals surface area contributed by atoms with Crippen LogP contribution in [-0.4, -0.2) is 56.3 Å². The van der Waals surface area contributed by atoms with Gasteiger partial charge in [-0.2, -0.15) is 37.2 Å². The monoisotopic (exact) mass is 733 g/mol. The molecule has 47 heavy (non-hydrogen) atoms. The Balaban J connectivity index is 1.64. The number of carbonyl (C=O) groups excluding carboxylic acids is 2. The molecule has 0 aliphatic carbocycles. The third-order valence-electron chi connectivity index (χ3n) is 7.10. The summed E-state index contributed by atoms with van der Waals surface area (Å²) in [5.74, 6) is -0.804. The van der Waals surface area contributed by atoms with Crippen LogP contribution in [0.2, 0.25) is 10.0 Å². The highest BCUT2D eigenvalue weighted by Crippen LogP contribution is 2.37. The van der Waals surface area contributed by atoms with Gasteiger partial charge in [-0.1, -0.05) is 87.9 Å². The van der Waals surface area contributed by atoms with E-state index in [1.54, 1.807) is 0 Å². The summed E-state index contributed by atoms with van der Waals surface area (Å²) < 4.78 is 71.3. The summed E-state index contributed by atoms with van der Waals surface area (Å²) in [5.41, 5.74) is -0.322. The van der Waals surface area contributed by atoms with Crippen molar-refractivity contribution in [1.82, 2.24) is 0 Å². The van der Waals surface area contributed by atoms with Gasteiger partial charge in [0.25, 0.3) is 26.1 Å². The summed E-state index contributed by atoms with van der Waals surface area (Å²) in [4.78, 5) is 24.2. The Hall–Kier alpha value is -3.15. The normalized spacial score (nSPS) is 15.4. The molecule has 1 aliphatic rings. The molecule has 0 radical (unpaired) electrons. The van der Waals surface area contributed by atoms with Crippen molar-refractivity contribution in [2.24, 2.45) is 15.3 Å². The number of anilines is 2. The molecule has 0 bridgehead atoms. The van der Waals surface area contributed by atoms with Crippen LogP contribution < -0.4 is 10.3 Å². The van der Waals surface area contributed by atoms with Crippen LogP contribution in [0, 0.1) is 0 Å². The molecule has 0 fully saturated rings. The van der Waals surface area contributed by atoms with Gasteiger partial charge in [0.2, 0.25) is 0 Å². The number of nitrogens with one attached hydrogen (secondary N) is 1. The number of benzene rings is 2. The number of halogens is 2. The molecule has 2 aromatic rings. The summed E-state index contributed by atoms with van der Waals surface area (Å²) in [7, 11) is -9.49. The van der Waals surface area contributed by atoms with E-state index in [1.165, 1.54) is 51.5 Å². The van der Waals surface area contributed by atoms with Crippen molar-refractivity contribution in [3.63, 3.8) is 0 Å². The first-order valence-corrected chi connectivity index (χ1v) is 18.6. The number of azo groups is 1. The summed E-state index contributed by atoms with van der Waals surface area (Å²) in [5, 5.41) is 14.4. The first kappa shape index (κ1) is 38.3. The molecule has 1 atom stereocenters. The van der Waals surface area contributed by atoms with Gasteiger partial charge in [-0.05, 0) is 43.7 Å². The molecule has 2 amide bonds. The van der Waals surface area contributed by atoms with Gasteiger partial charge in [-0.25, -0.2) is 4.79 Å². The van der Waals surface area contributed by atoms with Crippen LogP contribution in [0.15, 0.2) is 55.5 Å². The maximum Gasteiger partial charge on any atom is 0.411 e. The number of nitrogens with zero attached hydrogens (tertiary/aromatic N) is 4. The molecule has 2 aromatic carbocycles. The van der Waals surface area contributed by atoms with E-state index in [-0.39, 0.29) is 28.7 Å². The SMILES string of the molecule is CCCCCCCCCCCCOC(=O)Nc1ccc(S(=O)(=O)O)c(N=N[C@@H]2C(=O)N(c3cc(Cl)c(S(=O)(=O)O)cc3Cl)N=C2C)c1. The predicted octanol–water partition coefficient (Wildman–Crippen LogP) is 7.83. The smallest absolute Gasteiger partial charge is 0.411 e. The Morgan fingerprint density at radius 3 is 2.11 bits per heavy atom. The van der Waals surface area contributed by atoms with Crippen molar-refractivity contribution in [3.8, 4) is 0 Å². The van der Waals surface area contributed by atoms with Crippen LogP contribution in [0.5, 0.6) is 0 Å². The second kappa shape index (κ2) is 17.3. The van der Waals surface area contributed by atoms with Crippen molar-refractivity contribution >= 4 is 78.2 Å². The third-order valence-corrected chi connectivity index (χ3v) is 9.62. The van der Waals surface area contributed by atoms with E-state index in [2.05, 4.69) is 27.6 Å². The predicted molar refractivity (Wildman–Crippen MR) is 178 cm³/mol. The Morgan fingerprint density at radius 2 is 1.51 bits per heavy atom. The minimum Gasteiger partial charge on any atom is -0.449 e. The molecule has 18 heteroatoms. The maximum atomic E-state index is 13.2. The molecule has 0 spiro atoms. The molecule has 1 aliphatic heterocycles. The largest absolute Gasteiger partial charge is 0.449 e. The highest BCUT2D eigenvalue weighted by Gasteiger charge is 2.36. The van der Waals surface area contributed by atoms with E-state index in [4.69, 9.17) is 27.9 Å². The van der Waals surface area contributed by atoms with Crippen molar-refractivity contribution < 1.29 is 40.3 Å². The molecule has 0 saturated heterocycles. The highest BCUT2D eigenvalue weighted by molar-refractivity contribution is 7.86. The van der Waals surface area contributed by atoms with Crippen molar-refractivity contribution in [3.05, 3.63) is 40.4 Å². The zero-order valence-electron chi connectivity index (χ0n) is 25.9. The standard InChI is InChI=1S/C29H37Cl2N5O9S2/c1-3-4-5-6-7-8-9-10-11-12-15-45-29(38)32-20-13-14-25(46(39,40)41)23(16-20)33-34-27-19(2)35-36(28(27)37)24-17-22(31)26(18-21(24)30)47(42,43)44/h13-14,16-18,27H,3-12,15H2,1-2H3,(H,32,38)(H,39,40,41)(H,42,43,44)/t27-/m0/s1. The van der Waals surface area contributed by atoms with Crippen LogP contribution in [0.25, 0.3) is 0 Å². The summed E-state index contributed by atoms with van der Waals surface area (Å²) in [6.45, 7) is 3.82. The fourth-order valence-electron chi connectivity index (χ4n) is 4.66. The average molecular weight is 735 g/mol. The number of carbonyl (C=O) groups is 2. The number of ether oxygens (including phenoxy) is 1. The summed E-state index contributed by atoms with van der Waals surface area (Å²) in [6.07, 6.45) is 10.5. The minimum atomic E-state index is -4.79. The van der Waals surface area contributed by atoms with Crippen molar-refractivity contribution in [2.75, 3.05) is 16.9 Å². The van der Waals surface area contributed by atoms with Crippen LogP contribution in [0.1, 0.15) is 78.1 Å². The van der Waals surface area contributed by atoms with Gasteiger partial charge in [-0.3, -0.25) is 19.2 Å². The van der Waals surface area contributed by atoms with Crippen molar-refractivity contribution in [2.45, 2.75) is 93.9 Å². The number of hydrazone groups is 1. The lowest BCUT2D eigenvalue weighted by Crippen LogP contribution is -2.30. The van der Waals surface area contributed by atoms with Crippen LogP contribution >= 0.6 is 23.2 Å². The van der Waals surface area contributed by atoms with Gasteiger partial charge < -0.3 is 4.74 Å². The fraction of sp³-hybridized carbons (Fsp3) is 0.483. The van der Waals surface area contributed by atoms with E-state index in [9.17, 15) is 35.5 Å². The number of amides is 2. The van der Waals surface area contributed by atoms with E-state index < -0.39 is 58.8 Å². The van der Waals surface area contributed by atoms with Gasteiger partial charge in [0.1, 0.15) is 15.5 Å². The topological polar surface area (TPSA) is 204 Å². The first-order chi connectivity index (χ1) is 22.1. The first-order valence-electron chi connectivity index (χ1n) is 14.9. The van der Waals surface area contributed by atoms with Crippen LogP contribution in [-0.2, 0) is 29.8 Å².